The molecule has 22 heavy (non-hydrogen) atoms. The van der Waals surface area contributed by atoms with E-state index >= 15 is 0 Å². The van der Waals surface area contributed by atoms with Crippen molar-refractivity contribution in [2.75, 3.05) is 5.75 Å². The molecule has 1 heterocycles. The van der Waals surface area contributed by atoms with Gasteiger partial charge in [0, 0.05) is 31.7 Å². The molecule has 0 saturated heterocycles. The lowest BCUT2D eigenvalue weighted by molar-refractivity contribution is 0.458. The van der Waals surface area contributed by atoms with Gasteiger partial charge in [-0.1, -0.05) is 23.3 Å². The van der Waals surface area contributed by atoms with Crippen LogP contribution in [0.3, 0.4) is 0 Å². The summed E-state index contributed by atoms with van der Waals surface area (Å²) in [6.45, 7) is 0.363. The fraction of sp³-hybridized carbons (Fsp3) is 0.308. The zero-order valence-electron chi connectivity index (χ0n) is 12.0. The van der Waals surface area contributed by atoms with Gasteiger partial charge in [0.25, 0.3) is 0 Å². The standard InChI is InChI=1S/C13H17N5O3S/c1-17-9-10-18(8-5-11-22(19,20)21)13(17)15-16-14-12-6-3-2-4-7-12/h2-4,6-7,9-10H,5,8,11H2,1H3,(H,19,20,21)/p-1/b15-13-,16-14?. The molecule has 2 aromatic rings. The first kappa shape index (κ1) is 16.1. The number of aryl methyl sites for hydroxylation is 2. The average molecular weight is 322 g/mol. The molecule has 0 bridgehead atoms. The molecule has 0 saturated carbocycles. The van der Waals surface area contributed by atoms with E-state index < -0.39 is 15.9 Å². The number of hydrogen-bond acceptors (Lipinski definition) is 5. The summed E-state index contributed by atoms with van der Waals surface area (Å²) in [5.41, 5.74) is 1.20. The van der Waals surface area contributed by atoms with Crippen LogP contribution in [-0.2, 0) is 23.7 Å². The highest BCUT2D eigenvalue weighted by atomic mass is 32.2. The van der Waals surface area contributed by atoms with Gasteiger partial charge in [-0.2, -0.15) is 0 Å². The van der Waals surface area contributed by atoms with Crippen LogP contribution in [0.2, 0.25) is 0 Å². The number of imidazole rings is 1. The van der Waals surface area contributed by atoms with Crippen molar-refractivity contribution in [2.24, 2.45) is 22.5 Å². The maximum atomic E-state index is 10.6. The van der Waals surface area contributed by atoms with E-state index in [1.54, 1.807) is 40.7 Å². The number of benzene rings is 1. The Morgan fingerprint density at radius 1 is 1.18 bits per heavy atom. The largest absolute Gasteiger partial charge is 0.748 e. The second-order valence-corrected chi connectivity index (χ2v) is 6.17. The van der Waals surface area contributed by atoms with Gasteiger partial charge in [-0.25, -0.2) is 8.42 Å². The molecule has 0 aliphatic heterocycles. The van der Waals surface area contributed by atoms with Crippen molar-refractivity contribution in [3.8, 4) is 0 Å². The van der Waals surface area contributed by atoms with Gasteiger partial charge in [0.05, 0.1) is 15.8 Å². The van der Waals surface area contributed by atoms with Gasteiger partial charge < -0.3 is 13.7 Å². The predicted octanol–water partition coefficient (Wildman–Crippen LogP) is 1.36. The van der Waals surface area contributed by atoms with E-state index in [4.69, 9.17) is 0 Å². The van der Waals surface area contributed by atoms with Crippen molar-refractivity contribution in [2.45, 2.75) is 13.0 Å². The Hall–Kier alpha value is -2.26. The van der Waals surface area contributed by atoms with Crippen LogP contribution >= 0.6 is 0 Å². The van der Waals surface area contributed by atoms with E-state index in [1.165, 1.54) is 0 Å². The van der Waals surface area contributed by atoms with Crippen LogP contribution in [-0.4, -0.2) is 27.9 Å². The zero-order valence-corrected chi connectivity index (χ0v) is 12.8. The van der Waals surface area contributed by atoms with Crippen molar-refractivity contribution in [1.82, 2.24) is 9.13 Å². The molecule has 1 aromatic carbocycles. The lowest BCUT2D eigenvalue weighted by Crippen LogP contribution is -2.24. The van der Waals surface area contributed by atoms with E-state index in [2.05, 4.69) is 15.4 Å². The summed E-state index contributed by atoms with van der Waals surface area (Å²) in [6.07, 6.45) is 3.73. The van der Waals surface area contributed by atoms with E-state index in [0.29, 0.717) is 17.9 Å². The van der Waals surface area contributed by atoms with Crippen LogP contribution in [0.4, 0.5) is 5.69 Å². The lowest BCUT2D eigenvalue weighted by Gasteiger charge is -2.06. The summed E-state index contributed by atoms with van der Waals surface area (Å²) >= 11 is 0. The Kier molecular flexibility index (Phi) is 5.23. The van der Waals surface area contributed by atoms with E-state index in [9.17, 15) is 13.0 Å². The molecule has 8 nitrogen and oxygen atoms in total. The van der Waals surface area contributed by atoms with Crippen LogP contribution in [0.25, 0.3) is 0 Å². The number of aromatic nitrogens is 2. The van der Waals surface area contributed by atoms with Gasteiger partial charge in [-0.3, -0.25) is 0 Å². The van der Waals surface area contributed by atoms with Gasteiger partial charge >= 0.3 is 0 Å². The first-order chi connectivity index (χ1) is 10.5. The summed E-state index contributed by atoms with van der Waals surface area (Å²) in [4.78, 5) is 0. The summed E-state index contributed by atoms with van der Waals surface area (Å²) in [6, 6.07) is 9.18. The van der Waals surface area contributed by atoms with Gasteiger partial charge in [-0.05, 0) is 23.8 Å². The molecule has 118 valence electrons. The fourth-order valence-corrected chi connectivity index (χ4v) is 2.32. The van der Waals surface area contributed by atoms with E-state index in [0.717, 1.165) is 0 Å². The molecule has 0 atom stereocenters. The average Bonchev–Trinajstić information content (AvgIpc) is 2.80. The van der Waals surface area contributed by atoms with E-state index in [1.807, 2.05) is 18.2 Å². The summed E-state index contributed by atoms with van der Waals surface area (Å²) in [5.74, 6) is -0.403. The summed E-state index contributed by atoms with van der Waals surface area (Å²) in [7, 11) is -2.41. The monoisotopic (exact) mass is 322 g/mol. The van der Waals surface area contributed by atoms with Gasteiger partial charge in [0.1, 0.15) is 0 Å². The van der Waals surface area contributed by atoms with Crippen LogP contribution < -0.4 is 5.62 Å². The van der Waals surface area contributed by atoms with Crippen molar-refractivity contribution in [3.63, 3.8) is 0 Å². The highest BCUT2D eigenvalue weighted by molar-refractivity contribution is 7.85. The lowest BCUT2D eigenvalue weighted by atomic mass is 10.3. The zero-order chi connectivity index (χ0) is 16.0. The third-order valence-electron chi connectivity index (χ3n) is 2.89. The maximum Gasteiger partial charge on any atom is 0.231 e. The molecule has 0 amide bonds. The molecule has 0 N–H and O–H groups in total. The molecular formula is C13H16N5O3S-. The first-order valence-electron chi connectivity index (χ1n) is 6.61. The van der Waals surface area contributed by atoms with Crippen LogP contribution in [0.1, 0.15) is 6.42 Å². The van der Waals surface area contributed by atoms with Crippen molar-refractivity contribution in [1.29, 1.82) is 0 Å². The van der Waals surface area contributed by atoms with Crippen LogP contribution in [0, 0.1) is 0 Å². The first-order valence-corrected chi connectivity index (χ1v) is 8.18. The number of hydrogen-bond donors (Lipinski definition) is 0. The SMILES string of the molecule is Cn1ccn(CCCS(=O)(=O)[O-])/c1=N\N=Nc1ccccc1. The van der Waals surface area contributed by atoms with Crippen LogP contribution in [0.15, 0.2) is 58.2 Å². The molecule has 0 aliphatic carbocycles. The van der Waals surface area contributed by atoms with Crippen molar-refractivity contribution < 1.29 is 13.0 Å². The predicted molar refractivity (Wildman–Crippen MR) is 79.1 cm³/mol. The van der Waals surface area contributed by atoms with Gasteiger partial charge in [0.15, 0.2) is 0 Å². The maximum absolute atomic E-state index is 10.6. The van der Waals surface area contributed by atoms with Gasteiger partial charge in [0.2, 0.25) is 5.62 Å². The quantitative estimate of drug-likeness (QED) is 0.455. The molecule has 2 rings (SSSR count). The molecule has 0 aliphatic rings. The van der Waals surface area contributed by atoms with E-state index in [-0.39, 0.29) is 6.42 Å². The smallest absolute Gasteiger partial charge is 0.231 e. The molecular weight excluding hydrogens is 306 g/mol. The van der Waals surface area contributed by atoms with Gasteiger partial charge in [-0.15, -0.1) is 5.11 Å². The minimum absolute atomic E-state index is 0.221. The summed E-state index contributed by atoms with van der Waals surface area (Å²) < 4.78 is 35.3. The second kappa shape index (κ2) is 7.14. The molecule has 0 radical (unpaired) electrons. The highest BCUT2D eigenvalue weighted by Crippen LogP contribution is 2.09. The molecule has 0 unspecified atom stereocenters. The van der Waals surface area contributed by atoms with Crippen LogP contribution in [0.5, 0.6) is 0 Å². The fourth-order valence-electron chi connectivity index (χ4n) is 1.84. The molecule has 0 spiro atoms. The molecule has 0 fully saturated rings. The Bertz CT molecular complexity index is 806. The summed E-state index contributed by atoms with van der Waals surface area (Å²) in [5, 5.41) is 11.8. The normalized spacial score (nSPS) is 13.1. The Morgan fingerprint density at radius 2 is 1.91 bits per heavy atom. The highest BCUT2D eigenvalue weighted by Gasteiger charge is 2.00. The minimum Gasteiger partial charge on any atom is -0.748 e. The van der Waals surface area contributed by atoms with Crippen molar-refractivity contribution in [3.05, 3.63) is 48.3 Å². The Labute approximate surface area is 128 Å². The minimum atomic E-state index is -4.20. The molecule has 1 aromatic heterocycles. The number of rotatable bonds is 6. The topological polar surface area (TPSA) is 104 Å². The Morgan fingerprint density at radius 3 is 2.59 bits per heavy atom. The Balaban J connectivity index is 2.12. The number of nitrogens with zero attached hydrogens (tertiary/aromatic N) is 5. The second-order valence-electron chi connectivity index (χ2n) is 4.64. The van der Waals surface area contributed by atoms with Crippen molar-refractivity contribution >= 4 is 15.8 Å². The molecule has 9 heteroatoms. The third kappa shape index (κ3) is 4.93. The third-order valence-corrected chi connectivity index (χ3v) is 3.68.